The van der Waals surface area contributed by atoms with Gasteiger partial charge >= 0.3 is 0 Å². The molecule has 0 aliphatic carbocycles. The van der Waals surface area contributed by atoms with Crippen LogP contribution in [0, 0.1) is 0 Å². The summed E-state index contributed by atoms with van der Waals surface area (Å²) in [6.45, 7) is 2.46. The molecule has 4 nitrogen and oxygen atoms in total. The molecular weight excluding hydrogens is 352 g/mol. The topological polar surface area (TPSA) is 49.4 Å². The highest BCUT2D eigenvalue weighted by molar-refractivity contribution is 9.10. The second-order valence-electron chi connectivity index (χ2n) is 5.93. The lowest BCUT2D eigenvalue weighted by Gasteiger charge is -2.36. The van der Waals surface area contributed by atoms with Crippen molar-refractivity contribution in [1.29, 1.82) is 0 Å². The van der Waals surface area contributed by atoms with E-state index >= 15 is 0 Å². The number of piperidine rings is 1. The zero-order valence-electron chi connectivity index (χ0n) is 12.1. The Bertz CT molecular complexity index is 591. The van der Waals surface area contributed by atoms with Crippen LogP contribution in [0.4, 0.5) is 0 Å². The van der Waals surface area contributed by atoms with Crippen LogP contribution in [0.5, 0.6) is 0 Å². The summed E-state index contributed by atoms with van der Waals surface area (Å²) < 4.78 is 28.4. The van der Waals surface area contributed by atoms with Gasteiger partial charge in [-0.05, 0) is 49.9 Å². The van der Waals surface area contributed by atoms with Crippen LogP contribution in [0.1, 0.15) is 32.6 Å². The monoisotopic (exact) mass is 372 g/mol. The maximum Gasteiger partial charge on any atom is 0.243 e. The molecule has 0 spiro atoms. The van der Waals surface area contributed by atoms with Crippen molar-refractivity contribution >= 4 is 26.0 Å². The Morgan fingerprint density at radius 1 is 1.19 bits per heavy atom. The van der Waals surface area contributed by atoms with E-state index in [2.05, 4.69) is 21.2 Å². The number of hydrogen-bond acceptors (Lipinski definition) is 3. The lowest BCUT2D eigenvalue weighted by Crippen LogP contribution is -2.50. The highest BCUT2D eigenvalue weighted by atomic mass is 79.9. The van der Waals surface area contributed by atoms with Gasteiger partial charge in [0.15, 0.2) is 0 Å². The van der Waals surface area contributed by atoms with Crippen molar-refractivity contribution in [2.24, 2.45) is 0 Å². The summed E-state index contributed by atoms with van der Waals surface area (Å²) in [5.74, 6) is 0. The minimum atomic E-state index is -3.40. The molecule has 2 atom stereocenters. The summed E-state index contributed by atoms with van der Waals surface area (Å²) in [7, 11) is -3.40. The molecule has 2 heterocycles. The van der Waals surface area contributed by atoms with E-state index < -0.39 is 10.0 Å². The zero-order chi connectivity index (χ0) is 15.0. The van der Waals surface area contributed by atoms with Crippen LogP contribution >= 0.6 is 15.9 Å². The smallest absolute Gasteiger partial charge is 0.243 e. The first-order valence-corrected chi connectivity index (χ1v) is 9.77. The number of rotatable bonds is 4. The van der Waals surface area contributed by atoms with Crippen LogP contribution in [0.2, 0.25) is 0 Å². The largest absolute Gasteiger partial charge is 0.311 e. The van der Waals surface area contributed by atoms with Gasteiger partial charge in [0.05, 0.1) is 4.90 Å². The maximum absolute atomic E-state index is 12.9. The Morgan fingerprint density at radius 2 is 1.76 bits per heavy atom. The van der Waals surface area contributed by atoms with Crippen molar-refractivity contribution in [2.45, 2.75) is 55.6 Å². The van der Waals surface area contributed by atoms with Crippen molar-refractivity contribution in [3.63, 3.8) is 0 Å². The third-order valence-electron chi connectivity index (χ3n) is 4.59. The van der Waals surface area contributed by atoms with E-state index in [1.165, 1.54) is 12.8 Å². The van der Waals surface area contributed by atoms with Crippen LogP contribution in [-0.2, 0) is 10.0 Å². The van der Waals surface area contributed by atoms with E-state index in [0.717, 1.165) is 17.3 Å². The van der Waals surface area contributed by atoms with Gasteiger partial charge in [0.2, 0.25) is 10.0 Å². The number of nitrogens with zero attached hydrogens (tertiary/aromatic N) is 1. The maximum atomic E-state index is 12.9. The fourth-order valence-corrected chi connectivity index (χ4v) is 5.55. The average molecular weight is 373 g/mol. The van der Waals surface area contributed by atoms with Gasteiger partial charge in [-0.1, -0.05) is 22.9 Å². The number of fused-ring (bicyclic) bond motifs is 2. The van der Waals surface area contributed by atoms with Gasteiger partial charge in [-0.15, -0.1) is 0 Å². The normalized spacial score (nSPS) is 29.0. The lowest BCUT2D eigenvalue weighted by atomic mass is 10.00. The molecule has 2 saturated heterocycles. The van der Waals surface area contributed by atoms with E-state index in [4.69, 9.17) is 0 Å². The first-order valence-electron chi connectivity index (χ1n) is 7.54. The lowest BCUT2D eigenvalue weighted by molar-refractivity contribution is 0.232. The first-order chi connectivity index (χ1) is 10.0. The number of halogens is 1. The van der Waals surface area contributed by atoms with Crippen molar-refractivity contribution in [1.82, 2.24) is 9.62 Å². The Hall–Kier alpha value is -0.430. The van der Waals surface area contributed by atoms with Crippen LogP contribution in [0.25, 0.3) is 0 Å². The van der Waals surface area contributed by atoms with Crippen LogP contribution < -0.4 is 5.32 Å². The molecule has 2 aliphatic rings. The summed E-state index contributed by atoms with van der Waals surface area (Å²) >= 11 is 3.35. The predicted molar refractivity (Wildman–Crippen MR) is 86.7 cm³/mol. The summed E-state index contributed by atoms with van der Waals surface area (Å²) in [5.41, 5.74) is 0. The molecule has 1 aromatic rings. The summed E-state index contributed by atoms with van der Waals surface area (Å²) in [6, 6.07) is 8.03. The molecule has 0 saturated carbocycles. The second kappa shape index (κ2) is 5.99. The van der Waals surface area contributed by atoms with E-state index in [1.54, 1.807) is 28.6 Å². The molecule has 1 N–H and O–H groups in total. The first kappa shape index (κ1) is 15.5. The van der Waals surface area contributed by atoms with Crippen LogP contribution in [0.15, 0.2) is 33.6 Å². The van der Waals surface area contributed by atoms with Gasteiger partial charge in [0, 0.05) is 29.1 Å². The fraction of sp³-hybridized carbons (Fsp3) is 0.600. The molecule has 2 fully saturated rings. The number of nitrogens with one attached hydrogen (secondary N) is 1. The van der Waals surface area contributed by atoms with Crippen molar-refractivity contribution < 1.29 is 8.42 Å². The third kappa shape index (κ3) is 3.04. The van der Waals surface area contributed by atoms with Crippen LogP contribution in [-0.4, -0.2) is 37.4 Å². The van der Waals surface area contributed by atoms with Crippen LogP contribution in [0.3, 0.4) is 0 Å². The fourth-order valence-electron chi connectivity index (χ4n) is 3.63. The molecule has 3 rings (SSSR count). The Balaban J connectivity index is 1.86. The van der Waals surface area contributed by atoms with Gasteiger partial charge in [0.1, 0.15) is 0 Å². The standard InChI is InChI=1S/C15H21BrN2O2S/c1-2-18(14-9-12-5-6-13(10-14)17-12)21(19,20)15-7-3-11(16)4-8-15/h3-4,7-8,12-14,17H,2,5-6,9-10H2,1H3. The molecule has 2 unspecified atom stereocenters. The van der Waals surface area contributed by atoms with Crippen molar-refractivity contribution in [2.75, 3.05) is 6.54 Å². The SMILES string of the molecule is CCN(C1CC2CCC(C1)N2)S(=O)(=O)c1ccc(Br)cc1. The van der Waals surface area contributed by atoms with E-state index in [-0.39, 0.29) is 6.04 Å². The Labute approximate surface area is 135 Å². The molecule has 2 aliphatic heterocycles. The highest BCUT2D eigenvalue weighted by Crippen LogP contribution is 2.32. The average Bonchev–Trinajstić information content (AvgIpc) is 2.79. The van der Waals surface area contributed by atoms with Gasteiger partial charge in [-0.3, -0.25) is 0 Å². The Kier molecular flexibility index (Phi) is 4.41. The zero-order valence-corrected chi connectivity index (χ0v) is 14.5. The molecule has 21 heavy (non-hydrogen) atoms. The number of hydrogen-bond donors (Lipinski definition) is 1. The molecule has 1 aromatic carbocycles. The molecular formula is C15H21BrN2O2S. The molecule has 116 valence electrons. The summed E-state index contributed by atoms with van der Waals surface area (Å²) in [4.78, 5) is 0.387. The molecule has 0 amide bonds. The molecule has 0 radical (unpaired) electrons. The second-order valence-corrected chi connectivity index (χ2v) is 8.73. The molecule has 0 aromatic heterocycles. The molecule has 6 heteroatoms. The number of benzene rings is 1. The van der Waals surface area contributed by atoms with Gasteiger partial charge in [-0.2, -0.15) is 4.31 Å². The quantitative estimate of drug-likeness (QED) is 0.883. The Morgan fingerprint density at radius 3 is 2.29 bits per heavy atom. The van der Waals surface area contributed by atoms with Gasteiger partial charge in [0.25, 0.3) is 0 Å². The van der Waals surface area contributed by atoms with E-state index in [1.807, 2.05) is 6.92 Å². The van der Waals surface area contributed by atoms with Crippen molar-refractivity contribution in [3.8, 4) is 0 Å². The van der Waals surface area contributed by atoms with Gasteiger partial charge < -0.3 is 5.32 Å². The van der Waals surface area contributed by atoms with E-state index in [9.17, 15) is 8.42 Å². The van der Waals surface area contributed by atoms with E-state index in [0.29, 0.717) is 23.5 Å². The summed E-state index contributed by atoms with van der Waals surface area (Å²) in [6.07, 6.45) is 4.22. The molecule has 2 bridgehead atoms. The van der Waals surface area contributed by atoms with Crippen molar-refractivity contribution in [3.05, 3.63) is 28.7 Å². The van der Waals surface area contributed by atoms with Gasteiger partial charge in [-0.25, -0.2) is 8.42 Å². The minimum Gasteiger partial charge on any atom is -0.311 e. The third-order valence-corrected chi connectivity index (χ3v) is 7.16. The highest BCUT2D eigenvalue weighted by Gasteiger charge is 2.39. The minimum absolute atomic E-state index is 0.127. The summed E-state index contributed by atoms with van der Waals surface area (Å²) in [5, 5.41) is 3.57. The predicted octanol–water partition coefficient (Wildman–Crippen LogP) is 2.74. The number of sulfonamides is 1.